The minimum Gasteiger partial charge on any atom is -0.490 e. The highest BCUT2D eigenvalue weighted by molar-refractivity contribution is 6.03. The zero-order valence-electron chi connectivity index (χ0n) is 15.6. The quantitative estimate of drug-likeness (QED) is 0.661. The van der Waals surface area contributed by atoms with E-state index in [1.54, 1.807) is 18.2 Å². The molecule has 0 atom stereocenters. The van der Waals surface area contributed by atoms with Crippen LogP contribution in [-0.2, 0) is 4.79 Å². The summed E-state index contributed by atoms with van der Waals surface area (Å²) in [5.74, 6) is 0.263. The molecular weight excluding hydrogens is 362 g/mol. The van der Waals surface area contributed by atoms with Gasteiger partial charge in [-0.1, -0.05) is 6.07 Å². The molecule has 0 bridgehead atoms. The van der Waals surface area contributed by atoms with Gasteiger partial charge in [0.15, 0.2) is 11.5 Å². The maximum absolute atomic E-state index is 12.4. The lowest BCUT2D eigenvalue weighted by Gasteiger charge is -2.42. The molecule has 2 fully saturated rings. The van der Waals surface area contributed by atoms with Crippen LogP contribution in [-0.4, -0.2) is 59.6 Å². The summed E-state index contributed by atoms with van der Waals surface area (Å²) in [6.45, 7) is 1.20. The molecule has 0 unspecified atom stereocenters. The van der Waals surface area contributed by atoms with Gasteiger partial charge >= 0.3 is 12.0 Å². The maximum Gasteiger partial charge on any atom is 0.319 e. The molecule has 1 aromatic carbocycles. The third-order valence-electron chi connectivity index (χ3n) is 5.63. The van der Waals surface area contributed by atoms with Crippen molar-refractivity contribution in [1.29, 1.82) is 0 Å². The second-order valence-electron chi connectivity index (χ2n) is 7.89. The number of nitrogens with zero attached hydrogens (tertiary/aromatic N) is 1. The van der Waals surface area contributed by atoms with Gasteiger partial charge in [0.25, 0.3) is 0 Å². The molecule has 4 rings (SSSR count). The number of aliphatic carboxylic acids is 1. The number of rotatable bonds is 7. The van der Waals surface area contributed by atoms with Gasteiger partial charge in [0.2, 0.25) is 0 Å². The van der Waals surface area contributed by atoms with Gasteiger partial charge in [0, 0.05) is 25.0 Å². The number of urea groups is 1. The molecule has 28 heavy (non-hydrogen) atoms. The third-order valence-corrected chi connectivity index (χ3v) is 5.63. The lowest BCUT2D eigenvalue weighted by atomic mass is 9.85. The van der Waals surface area contributed by atoms with Crippen LogP contribution in [0.3, 0.4) is 0 Å². The number of carboxylic acids is 1. The lowest BCUT2D eigenvalue weighted by Crippen LogP contribution is -2.55. The molecule has 0 spiro atoms. The summed E-state index contributed by atoms with van der Waals surface area (Å²) in [5, 5.41) is 14.8. The highest BCUT2D eigenvalue weighted by Gasteiger charge is 2.37. The van der Waals surface area contributed by atoms with Crippen molar-refractivity contribution in [2.75, 3.05) is 25.0 Å². The van der Waals surface area contributed by atoms with Gasteiger partial charge in [-0.2, -0.15) is 0 Å². The number of benzene rings is 1. The molecular formula is C20H25N3O5. The van der Waals surface area contributed by atoms with E-state index in [4.69, 9.17) is 9.84 Å². The largest absolute Gasteiger partial charge is 0.490 e. The van der Waals surface area contributed by atoms with Gasteiger partial charge in [-0.25, -0.2) is 4.79 Å². The van der Waals surface area contributed by atoms with Crippen LogP contribution in [0, 0.1) is 5.92 Å². The molecule has 0 radical (unpaired) electrons. The van der Waals surface area contributed by atoms with Gasteiger partial charge in [0.05, 0.1) is 24.4 Å². The molecule has 0 saturated heterocycles. The first-order chi connectivity index (χ1) is 13.5. The summed E-state index contributed by atoms with van der Waals surface area (Å²) >= 11 is 0. The van der Waals surface area contributed by atoms with Crippen LogP contribution < -0.4 is 15.4 Å². The van der Waals surface area contributed by atoms with E-state index in [-0.39, 0.29) is 30.4 Å². The lowest BCUT2D eigenvalue weighted by molar-refractivity contribution is -0.139. The zero-order chi connectivity index (χ0) is 19.7. The van der Waals surface area contributed by atoms with Crippen LogP contribution >= 0.6 is 0 Å². The summed E-state index contributed by atoms with van der Waals surface area (Å²) in [6, 6.07) is 5.01. The van der Waals surface area contributed by atoms with Crippen molar-refractivity contribution in [3.05, 3.63) is 23.8 Å². The fourth-order valence-corrected chi connectivity index (χ4v) is 3.89. The molecule has 1 aromatic rings. The average Bonchev–Trinajstić information content (AvgIpc) is 3.42. The average molecular weight is 387 g/mol. The molecule has 3 aliphatic rings. The van der Waals surface area contributed by atoms with Crippen LogP contribution in [0.25, 0.3) is 0 Å². The fraction of sp³-hybridized carbons (Fsp3) is 0.550. The number of amides is 2. The van der Waals surface area contributed by atoms with E-state index in [0.717, 1.165) is 19.4 Å². The Morgan fingerprint density at radius 1 is 1.25 bits per heavy atom. The number of nitrogens with one attached hydrogen (secondary N) is 2. The number of ether oxygens (including phenoxy) is 1. The number of carbonyl (C=O) groups excluding carboxylic acids is 2. The predicted molar refractivity (Wildman–Crippen MR) is 102 cm³/mol. The summed E-state index contributed by atoms with van der Waals surface area (Å²) < 4.78 is 5.57. The van der Waals surface area contributed by atoms with Crippen LogP contribution in [0.2, 0.25) is 0 Å². The van der Waals surface area contributed by atoms with Crippen molar-refractivity contribution in [2.24, 2.45) is 5.92 Å². The van der Waals surface area contributed by atoms with E-state index in [1.807, 2.05) is 4.90 Å². The van der Waals surface area contributed by atoms with Crippen molar-refractivity contribution in [2.45, 2.75) is 44.2 Å². The number of Topliss-reactive ketones (excluding diaryl/α,β-unsaturated/α-hetero) is 1. The number of fused-ring (bicyclic) bond motifs is 1. The highest BCUT2D eigenvalue weighted by Crippen LogP contribution is 2.35. The summed E-state index contributed by atoms with van der Waals surface area (Å²) in [6.07, 6.45) is 4.20. The van der Waals surface area contributed by atoms with Crippen LogP contribution in [0.4, 0.5) is 10.5 Å². The number of carboxylic acid groups (broad SMARTS) is 1. The van der Waals surface area contributed by atoms with E-state index in [2.05, 4.69) is 10.6 Å². The first kappa shape index (κ1) is 18.7. The van der Waals surface area contributed by atoms with Crippen molar-refractivity contribution < 1.29 is 24.2 Å². The first-order valence-electron chi connectivity index (χ1n) is 9.82. The second kappa shape index (κ2) is 7.79. The molecule has 8 heteroatoms. The standard InChI is InChI=1S/C20H25N3O5/c24-17-6-7-28-19-15(17)2-1-3-16(19)22-20(27)21-13-8-14(9-13)23(11-18(25)26)10-12-4-5-12/h1-3,12-14H,4-11H2,(H,25,26)(H2,21,22,27). The van der Waals surface area contributed by atoms with Crippen molar-refractivity contribution in [3.63, 3.8) is 0 Å². The summed E-state index contributed by atoms with van der Waals surface area (Å²) in [7, 11) is 0. The van der Waals surface area contributed by atoms with E-state index in [0.29, 0.717) is 35.9 Å². The number of ketones is 1. The summed E-state index contributed by atoms with van der Waals surface area (Å²) in [5.41, 5.74) is 0.984. The third kappa shape index (κ3) is 4.27. The first-order valence-corrected chi connectivity index (χ1v) is 9.82. The van der Waals surface area contributed by atoms with Crippen LogP contribution in [0.5, 0.6) is 5.75 Å². The smallest absolute Gasteiger partial charge is 0.319 e. The minimum atomic E-state index is -0.807. The number of hydrogen-bond acceptors (Lipinski definition) is 5. The molecule has 1 aliphatic heterocycles. The summed E-state index contributed by atoms with van der Waals surface area (Å²) in [4.78, 5) is 37.4. The van der Waals surface area contributed by atoms with E-state index in [9.17, 15) is 14.4 Å². The topological polar surface area (TPSA) is 108 Å². The Morgan fingerprint density at radius 3 is 2.75 bits per heavy atom. The Hall–Kier alpha value is -2.61. The van der Waals surface area contributed by atoms with Gasteiger partial charge < -0.3 is 20.5 Å². The van der Waals surface area contributed by atoms with Crippen LogP contribution in [0.15, 0.2) is 18.2 Å². The Balaban J connectivity index is 1.29. The van der Waals surface area contributed by atoms with Crippen molar-refractivity contribution >= 4 is 23.5 Å². The minimum absolute atomic E-state index is 0.0151. The molecule has 2 aliphatic carbocycles. The second-order valence-corrected chi connectivity index (χ2v) is 7.89. The SMILES string of the molecule is O=C(O)CN(CC1CC1)C1CC(NC(=O)Nc2cccc3c2OCCC3=O)C1. The Bertz CT molecular complexity index is 786. The van der Waals surface area contributed by atoms with Crippen molar-refractivity contribution in [3.8, 4) is 5.75 Å². The maximum atomic E-state index is 12.4. The number of anilines is 1. The monoisotopic (exact) mass is 387 g/mol. The van der Waals surface area contributed by atoms with Gasteiger partial charge in [0.1, 0.15) is 0 Å². The van der Waals surface area contributed by atoms with E-state index < -0.39 is 5.97 Å². The number of carbonyl (C=O) groups is 3. The van der Waals surface area contributed by atoms with E-state index in [1.165, 1.54) is 12.8 Å². The van der Waals surface area contributed by atoms with Gasteiger partial charge in [-0.3, -0.25) is 14.5 Å². The van der Waals surface area contributed by atoms with E-state index >= 15 is 0 Å². The molecule has 1 heterocycles. The molecule has 150 valence electrons. The van der Waals surface area contributed by atoms with Crippen molar-refractivity contribution in [1.82, 2.24) is 10.2 Å². The van der Waals surface area contributed by atoms with Gasteiger partial charge in [-0.15, -0.1) is 0 Å². The normalized spacial score (nSPS) is 23.4. The highest BCUT2D eigenvalue weighted by atomic mass is 16.5. The van der Waals surface area contributed by atoms with Gasteiger partial charge in [-0.05, 0) is 43.7 Å². The number of para-hydroxylation sites is 1. The fourth-order valence-electron chi connectivity index (χ4n) is 3.89. The predicted octanol–water partition coefficient (Wildman–Crippen LogP) is 2.10. The molecule has 0 aromatic heterocycles. The molecule has 3 N–H and O–H groups in total. The number of hydrogen-bond donors (Lipinski definition) is 3. The molecule has 8 nitrogen and oxygen atoms in total. The Labute approximate surface area is 163 Å². The zero-order valence-corrected chi connectivity index (χ0v) is 15.6. The Kier molecular flexibility index (Phi) is 5.21. The molecule has 2 saturated carbocycles. The molecule has 2 amide bonds. The van der Waals surface area contributed by atoms with Crippen LogP contribution in [0.1, 0.15) is 42.5 Å². The Morgan fingerprint density at radius 2 is 2.04 bits per heavy atom.